The average molecular weight is 254 g/mol. The van der Waals surface area contributed by atoms with Crippen LogP contribution in [0.25, 0.3) is 0 Å². The molecule has 2 heterocycles. The summed E-state index contributed by atoms with van der Waals surface area (Å²) in [6.45, 7) is 3.85. The zero-order valence-electron chi connectivity index (χ0n) is 11.1. The number of hydrogen-bond donors (Lipinski definition) is 0. The van der Waals surface area contributed by atoms with E-state index in [0.29, 0.717) is 12.5 Å². The van der Waals surface area contributed by atoms with Crippen molar-refractivity contribution in [2.24, 2.45) is 5.92 Å². The summed E-state index contributed by atoms with van der Waals surface area (Å²) < 4.78 is 4.65. The molecule has 0 aromatic heterocycles. The smallest absolute Gasteiger partial charge is 0.319 e. The third-order valence-corrected chi connectivity index (χ3v) is 3.93. The van der Waals surface area contributed by atoms with Gasteiger partial charge in [0.1, 0.15) is 0 Å². The Morgan fingerprint density at radius 3 is 2.28 bits per heavy atom. The van der Waals surface area contributed by atoms with Crippen LogP contribution < -0.4 is 0 Å². The summed E-state index contributed by atoms with van der Waals surface area (Å²) in [5.41, 5.74) is 0. The molecule has 0 aromatic rings. The van der Waals surface area contributed by atoms with Gasteiger partial charge in [-0.05, 0) is 38.8 Å². The summed E-state index contributed by atoms with van der Waals surface area (Å²) in [5, 5.41) is 0. The first-order valence-electron chi connectivity index (χ1n) is 6.78. The predicted octanol–water partition coefficient (Wildman–Crippen LogP) is 0.494. The van der Waals surface area contributed by atoms with Gasteiger partial charge in [-0.2, -0.15) is 0 Å². The molecule has 0 aromatic carbocycles. The van der Waals surface area contributed by atoms with Gasteiger partial charge < -0.3 is 9.64 Å². The molecule has 18 heavy (non-hydrogen) atoms. The highest BCUT2D eigenvalue weighted by Crippen LogP contribution is 2.21. The van der Waals surface area contributed by atoms with Crippen LogP contribution in [0, 0.1) is 5.92 Å². The summed E-state index contributed by atoms with van der Waals surface area (Å²) in [5.74, 6) is 0.293. The molecule has 0 atom stereocenters. The Balaban J connectivity index is 1.75. The van der Waals surface area contributed by atoms with E-state index in [2.05, 4.69) is 9.64 Å². The van der Waals surface area contributed by atoms with Gasteiger partial charge in [-0.25, -0.2) is 0 Å². The van der Waals surface area contributed by atoms with Crippen LogP contribution >= 0.6 is 0 Å². The Kier molecular flexibility index (Phi) is 4.58. The second-order valence-corrected chi connectivity index (χ2v) is 5.16. The van der Waals surface area contributed by atoms with Crippen molar-refractivity contribution in [2.75, 3.05) is 39.8 Å². The highest BCUT2D eigenvalue weighted by molar-refractivity contribution is 5.79. The van der Waals surface area contributed by atoms with E-state index in [-0.39, 0.29) is 11.9 Å². The number of esters is 1. The Bertz CT molecular complexity index is 305. The predicted molar refractivity (Wildman–Crippen MR) is 67.0 cm³/mol. The molecule has 0 aliphatic carbocycles. The van der Waals surface area contributed by atoms with Crippen LogP contribution in [0.3, 0.4) is 0 Å². The molecule has 5 heteroatoms. The molecular formula is C13H22N2O3. The number of ether oxygens (including phenoxy) is 1. The van der Waals surface area contributed by atoms with Gasteiger partial charge in [-0.15, -0.1) is 0 Å². The molecule has 5 nitrogen and oxygen atoms in total. The van der Waals surface area contributed by atoms with Crippen molar-refractivity contribution in [3.63, 3.8) is 0 Å². The van der Waals surface area contributed by atoms with E-state index in [0.717, 1.165) is 51.9 Å². The maximum Gasteiger partial charge on any atom is 0.319 e. The van der Waals surface area contributed by atoms with Crippen LogP contribution in [0.1, 0.15) is 25.7 Å². The number of hydrogen-bond acceptors (Lipinski definition) is 4. The number of piperidine rings is 1. The number of methoxy groups -OCH3 is 1. The van der Waals surface area contributed by atoms with Gasteiger partial charge >= 0.3 is 5.97 Å². The molecule has 2 aliphatic rings. The lowest BCUT2D eigenvalue weighted by molar-refractivity contribution is -0.142. The van der Waals surface area contributed by atoms with Gasteiger partial charge in [0.05, 0.1) is 13.7 Å². The fraction of sp³-hybridized carbons (Fsp3) is 0.846. The van der Waals surface area contributed by atoms with E-state index in [1.807, 2.05) is 4.90 Å². The van der Waals surface area contributed by atoms with Gasteiger partial charge in [0.25, 0.3) is 0 Å². The Hall–Kier alpha value is -1.10. The lowest BCUT2D eigenvalue weighted by atomic mass is 9.95. The fourth-order valence-corrected chi connectivity index (χ4v) is 2.78. The lowest BCUT2D eigenvalue weighted by Gasteiger charge is -2.32. The van der Waals surface area contributed by atoms with Crippen LogP contribution in [0.2, 0.25) is 0 Å². The third-order valence-electron chi connectivity index (χ3n) is 3.93. The molecule has 2 fully saturated rings. The second-order valence-electron chi connectivity index (χ2n) is 5.16. The molecule has 0 radical (unpaired) electrons. The number of carbonyl (C=O) groups excluding carboxylic acids is 2. The molecule has 1 amide bonds. The van der Waals surface area contributed by atoms with E-state index in [4.69, 9.17) is 0 Å². The molecule has 0 unspecified atom stereocenters. The molecule has 0 spiro atoms. The van der Waals surface area contributed by atoms with Crippen molar-refractivity contribution in [3.05, 3.63) is 0 Å². The van der Waals surface area contributed by atoms with Gasteiger partial charge in [0, 0.05) is 19.0 Å². The summed E-state index contributed by atoms with van der Waals surface area (Å²) in [6.07, 6.45) is 4.03. The fourth-order valence-electron chi connectivity index (χ4n) is 2.78. The Morgan fingerprint density at radius 2 is 1.72 bits per heavy atom. The minimum Gasteiger partial charge on any atom is -0.468 e. The monoisotopic (exact) mass is 254 g/mol. The van der Waals surface area contributed by atoms with E-state index >= 15 is 0 Å². The van der Waals surface area contributed by atoms with E-state index in [1.54, 1.807) is 0 Å². The van der Waals surface area contributed by atoms with Crippen molar-refractivity contribution in [1.82, 2.24) is 9.80 Å². The van der Waals surface area contributed by atoms with E-state index < -0.39 is 0 Å². The molecule has 0 saturated carbocycles. The van der Waals surface area contributed by atoms with Crippen molar-refractivity contribution in [3.8, 4) is 0 Å². The van der Waals surface area contributed by atoms with Crippen LogP contribution in [-0.4, -0.2) is 61.5 Å². The normalized spacial score (nSPS) is 22.2. The maximum atomic E-state index is 12.2. The first-order chi connectivity index (χ1) is 8.70. The zero-order valence-corrected chi connectivity index (χ0v) is 11.1. The standard InChI is InChI=1S/C13H22N2O3/c1-18-12(16)10-14-8-4-11(5-9-14)13(17)15-6-2-3-7-15/h11H,2-10H2,1H3. The van der Waals surface area contributed by atoms with Crippen molar-refractivity contribution >= 4 is 11.9 Å². The highest BCUT2D eigenvalue weighted by Gasteiger charge is 2.30. The summed E-state index contributed by atoms with van der Waals surface area (Å²) in [7, 11) is 1.41. The van der Waals surface area contributed by atoms with Gasteiger partial charge in [-0.3, -0.25) is 14.5 Å². The molecule has 0 N–H and O–H groups in total. The topological polar surface area (TPSA) is 49.9 Å². The molecular weight excluding hydrogens is 232 g/mol. The largest absolute Gasteiger partial charge is 0.468 e. The lowest BCUT2D eigenvalue weighted by Crippen LogP contribution is -2.43. The Labute approximate surface area is 108 Å². The number of nitrogens with zero attached hydrogens (tertiary/aromatic N) is 2. The van der Waals surface area contributed by atoms with Crippen molar-refractivity contribution in [1.29, 1.82) is 0 Å². The van der Waals surface area contributed by atoms with Gasteiger partial charge in [-0.1, -0.05) is 0 Å². The van der Waals surface area contributed by atoms with E-state index in [9.17, 15) is 9.59 Å². The Morgan fingerprint density at radius 1 is 1.11 bits per heavy atom. The van der Waals surface area contributed by atoms with Crippen molar-refractivity contribution in [2.45, 2.75) is 25.7 Å². The van der Waals surface area contributed by atoms with Crippen LogP contribution in [0.5, 0.6) is 0 Å². The van der Waals surface area contributed by atoms with Gasteiger partial charge in [0.15, 0.2) is 0 Å². The van der Waals surface area contributed by atoms with Crippen LogP contribution in [0.4, 0.5) is 0 Å². The highest BCUT2D eigenvalue weighted by atomic mass is 16.5. The number of rotatable bonds is 3. The third kappa shape index (κ3) is 3.22. The second kappa shape index (κ2) is 6.18. The van der Waals surface area contributed by atoms with Crippen molar-refractivity contribution < 1.29 is 14.3 Å². The summed E-state index contributed by atoms with van der Waals surface area (Å²) >= 11 is 0. The number of amides is 1. The minimum atomic E-state index is -0.195. The summed E-state index contributed by atoms with van der Waals surface area (Å²) in [4.78, 5) is 27.4. The average Bonchev–Trinajstić information content (AvgIpc) is 2.92. The quantitative estimate of drug-likeness (QED) is 0.688. The minimum absolute atomic E-state index is 0.164. The van der Waals surface area contributed by atoms with Crippen LogP contribution in [-0.2, 0) is 14.3 Å². The zero-order chi connectivity index (χ0) is 13.0. The molecule has 2 aliphatic heterocycles. The number of carbonyl (C=O) groups is 2. The molecule has 2 saturated heterocycles. The molecule has 0 bridgehead atoms. The number of likely N-dealkylation sites (tertiary alicyclic amines) is 2. The first kappa shape index (κ1) is 13.3. The summed E-state index contributed by atoms with van der Waals surface area (Å²) in [6, 6.07) is 0. The van der Waals surface area contributed by atoms with E-state index in [1.165, 1.54) is 7.11 Å². The SMILES string of the molecule is COC(=O)CN1CCC(C(=O)N2CCCC2)CC1. The maximum absolute atomic E-state index is 12.2. The first-order valence-corrected chi connectivity index (χ1v) is 6.78. The molecule has 102 valence electrons. The van der Waals surface area contributed by atoms with Gasteiger partial charge in [0.2, 0.25) is 5.91 Å². The molecule has 2 rings (SSSR count). The van der Waals surface area contributed by atoms with Crippen LogP contribution in [0.15, 0.2) is 0 Å².